The number of alkyl halides is 1. The molecule has 0 spiro atoms. The van der Waals surface area contributed by atoms with Crippen LogP contribution < -0.4 is 4.74 Å². The van der Waals surface area contributed by atoms with E-state index in [0.717, 1.165) is 0 Å². The molecule has 6 heteroatoms. The van der Waals surface area contributed by atoms with Gasteiger partial charge in [-0.1, -0.05) is 11.6 Å². The van der Waals surface area contributed by atoms with Gasteiger partial charge >= 0.3 is 0 Å². The van der Waals surface area contributed by atoms with Gasteiger partial charge in [0.05, 0.1) is 30.3 Å². The number of nitrogens with zero attached hydrogens (tertiary/aromatic N) is 1. The maximum absolute atomic E-state index is 12.7. The van der Waals surface area contributed by atoms with Gasteiger partial charge in [-0.3, -0.25) is 4.79 Å². The number of amides is 1. The van der Waals surface area contributed by atoms with E-state index >= 15 is 0 Å². The van der Waals surface area contributed by atoms with Crippen LogP contribution in [0, 0.1) is 0 Å². The Morgan fingerprint density at radius 1 is 1.52 bits per heavy atom. The standard InChI is InChI=1S/C15H19Cl2NO3/c1-15(2)9-18(8-11(7-16)21-15)14(19)12-5-4-10(17)6-13(12)20-3/h4-6,11H,7-9H2,1-3H3. The molecule has 116 valence electrons. The molecule has 0 saturated carbocycles. The average Bonchev–Trinajstić information content (AvgIpc) is 2.44. The first-order chi connectivity index (χ1) is 9.86. The molecule has 1 aromatic rings. The van der Waals surface area contributed by atoms with Gasteiger partial charge in [-0.25, -0.2) is 0 Å². The van der Waals surface area contributed by atoms with Crippen molar-refractivity contribution in [1.29, 1.82) is 0 Å². The molecule has 1 aliphatic rings. The van der Waals surface area contributed by atoms with E-state index in [1.54, 1.807) is 23.1 Å². The minimum atomic E-state index is -0.423. The molecule has 4 nitrogen and oxygen atoms in total. The fourth-order valence-corrected chi connectivity index (χ4v) is 2.87. The fraction of sp³-hybridized carbons (Fsp3) is 0.533. The lowest BCUT2D eigenvalue weighted by Gasteiger charge is -2.42. The van der Waals surface area contributed by atoms with Crippen LogP contribution in [0.2, 0.25) is 5.02 Å². The van der Waals surface area contributed by atoms with Gasteiger partial charge < -0.3 is 14.4 Å². The summed E-state index contributed by atoms with van der Waals surface area (Å²) in [5.74, 6) is 0.722. The molecule has 1 atom stereocenters. The zero-order valence-electron chi connectivity index (χ0n) is 12.4. The first-order valence-corrected chi connectivity index (χ1v) is 7.64. The highest BCUT2D eigenvalue weighted by Crippen LogP contribution is 2.28. The minimum Gasteiger partial charge on any atom is -0.496 e. The highest BCUT2D eigenvalue weighted by molar-refractivity contribution is 6.30. The molecule has 1 fully saturated rings. The van der Waals surface area contributed by atoms with E-state index in [4.69, 9.17) is 32.7 Å². The molecule has 1 heterocycles. The summed E-state index contributed by atoms with van der Waals surface area (Å²) >= 11 is 11.8. The highest BCUT2D eigenvalue weighted by atomic mass is 35.5. The van der Waals surface area contributed by atoms with Gasteiger partial charge in [0.2, 0.25) is 0 Å². The average molecular weight is 332 g/mol. The zero-order valence-corrected chi connectivity index (χ0v) is 13.9. The van der Waals surface area contributed by atoms with Crippen molar-refractivity contribution in [2.45, 2.75) is 25.6 Å². The number of rotatable bonds is 3. The predicted octanol–water partition coefficient (Wildman–Crippen LogP) is 3.21. The maximum atomic E-state index is 12.7. The third-order valence-electron chi connectivity index (χ3n) is 3.33. The molecule has 1 aliphatic heterocycles. The van der Waals surface area contributed by atoms with Crippen molar-refractivity contribution in [3.8, 4) is 5.75 Å². The van der Waals surface area contributed by atoms with Crippen molar-refractivity contribution in [3.05, 3.63) is 28.8 Å². The number of benzene rings is 1. The molecular formula is C15H19Cl2NO3. The van der Waals surface area contributed by atoms with Crippen LogP contribution in [-0.2, 0) is 4.74 Å². The normalized spacial score (nSPS) is 21.2. The molecule has 2 rings (SSSR count). The molecule has 0 N–H and O–H groups in total. The summed E-state index contributed by atoms with van der Waals surface area (Å²) in [6.07, 6.45) is -0.169. The molecule has 1 aromatic carbocycles. The number of carbonyl (C=O) groups excluding carboxylic acids is 1. The Balaban J connectivity index is 2.27. The second kappa shape index (κ2) is 6.42. The summed E-state index contributed by atoms with van der Waals surface area (Å²) in [7, 11) is 1.52. The van der Waals surface area contributed by atoms with E-state index in [2.05, 4.69) is 0 Å². The quantitative estimate of drug-likeness (QED) is 0.798. The fourth-order valence-electron chi connectivity index (χ4n) is 2.54. The lowest BCUT2D eigenvalue weighted by Crippen LogP contribution is -2.55. The molecule has 0 aromatic heterocycles. The van der Waals surface area contributed by atoms with Crippen LogP contribution in [0.5, 0.6) is 5.75 Å². The molecule has 0 radical (unpaired) electrons. The van der Waals surface area contributed by atoms with Crippen LogP contribution in [0.15, 0.2) is 18.2 Å². The number of hydrogen-bond donors (Lipinski definition) is 0. The summed E-state index contributed by atoms with van der Waals surface area (Å²) in [5, 5.41) is 0.532. The van der Waals surface area contributed by atoms with Crippen molar-refractivity contribution >= 4 is 29.1 Å². The lowest BCUT2D eigenvalue weighted by molar-refractivity contribution is -0.117. The van der Waals surface area contributed by atoms with Crippen molar-refractivity contribution in [2.24, 2.45) is 0 Å². The molecule has 0 bridgehead atoms. The predicted molar refractivity (Wildman–Crippen MR) is 83.6 cm³/mol. The Labute approximate surface area is 134 Å². The Morgan fingerprint density at radius 3 is 2.86 bits per heavy atom. The van der Waals surface area contributed by atoms with Crippen molar-refractivity contribution in [1.82, 2.24) is 4.90 Å². The van der Waals surface area contributed by atoms with Crippen molar-refractivity contribution in [2.75, 3.05) is 26.1 Å². The van der Waals surface area contributed by atoms with E-state index in [1.807, 2.05) is 13.8 Å². The molecule has 1 amide bonds. The van der Waals surface area contributed by atoms with E-state index < -0.39 is 5.60 Å². The van der Waals surface area contributed by atoms with Gasteiger partial charge in [0, 0.05) is 18.1 Å². The van der Waals surface area contributed by atoms with Gasteiger partial charge in [-0.05, 0) is 32.0 Å². The smallest absolute Gasteiger partial charge is 0.257 e. The number of ether oxygens (including phenoxy) is 2. The summed E-state index contributed by atoms with van der Waals surface area (Å²) in [5.41, 5.74) is 0.0700. The third-order valence-corrected chi connectivity index (χ3v) is 3.91. The van der Waals surface area contributed by atoms with E-state index in [9.17, 15) is 4.79 Å². The third kappa shape index (κ3) is 3.82. The Bertz CT molecular complexity index is 534. The van der Waals surface area contributed by atoms with Gasteiger partial charge in [-0.15, -0.1) is 11.6 Å². The number of hydrogen-bond acceptors (Lipinski definition) is 3. The number of halogens is 2. The largest absolute Gasteiger partial charge is 0.496 e. The van der Waals surface area contributed by atoms with E-state index in [-0.39, 0.29) is 12.0 Å². The van der Waals surface area contributed by atoms with E-state index in [0.29, 0.717) is 35.3 Å². The number of carbonyl (C=O) groups is 1. The van der Waals surface area contributed by atoms with Gasteiger partial charge in [0.15, 0.2) is 0 Å². The lowest BCUT2D eigenvalue weighted by atomic mass is 10.0. The van der Waals surface area contributed by atoms with Crippen molar-refractivity contribution in [3.63, 3.8) is 0 Å². The minimum absolute atomic E-state index is 0.102. The zero-order chi connectivity index (χ0) is 15.6. The molecule has 1 saturated heterocycles. The second-order valence-electron chi connectivity index (χ2n) is 5.68. The molecule has 1 unspecified atom stereocenters. The Kier molecular flexibility index (Phi) is 5.02. The summed E-state index contributed by atoms with van der Waals surface area (Å²) < 4.78 is 11.1. The monoisotopic (exact) mass is 331 g/mol. The maximum Gasteiger partial charge on any atom is 0.257 e. The SMILES string of the molecule is COc1cc(Cl)ccc1C(=O)N1CC(CCl)OC(C)(C)C1. The molecule has 21 heavy (non-hydrogen) atoms. The summed E-state index contributed by atoms with van der Waals surface area (Å²) in [4.78, 5) is 14.5. The van der Waals surface area contributed by atoms with Gasteiger partial charge in [-0.2, -0.15) is 0 Å². The van der Waals surface area contributed by atoms with Crippen molar-refractivity contribution < 1.29 is 14.3 Å². The first kappa shape index (κ1) is 16.4. The van der Waals surface area contributed by atoms with E-state index in [1.165, 1.54) is 7.11 Å². The van der Waals surface area contributed by atoms with Crippen LogP contribution in [0.3, 0.4) is 0 Å². The van der Waals surface area contributed by atoms with Crippen LogP contribution in [0.25, 0.3) is 0 Å². The summed E-state index contributed by atoms with van der Waals surface area (Å²) in [6.45, 7) is 4.87. The van der Waals surface area contributed by atoms with Gasteiger partial charge in [0.25, 0.3) is 5.91 Å². The van der Waals surface area contributed by atoms with Crippen LogP contribution >= 0.6 is 23.2 Å². The Hall–Kier alpha value is -0.970. The second-order valence-corrected chi connectivity index (χ2v) is 6.43. The number of methoxy groups -OCH3 is 1. The Morgan fingerprint density at radius 2 is 2.24 bits per heavy atom. The highest BCUT2D eigenvalue weighted by Gasteiger charge is 2.36. The van der Waals surface area contributed by atoms with Crippen LogP contribution in [-0.4, -0.2) is 48.6 Å². The molecular weight excluding hydrogens is 313 g/mol. The first-order valence-electron chi connectivity index (χ1n) is 6.73. The van der Waals surface area contributed by atoms with Gasteiger partial charge in [0.1, 0.15) is 5.75 Å². The van der Waals surface area contributed by atoms with Crippen LogP contribution in [0.4, 0.5) is 0 Å². The molecule has 0 aliphatic carbocycles. The number of morpholine rings is 1. The topological polar surface area (TPSA) is 38.8 Å². The summed E-state index contributed by atoms with van der Waals surface area (Å²) in [6, 6.07) is 5.00. The van der Waals surface area contributed by atoms with Crippen LogP contribution in [0.1, 0.15) is 24.2 Å².